The van der Waals surface area contributed by atoms with E-state index in [1.807, 2.05) is 25.7 Å². The number of rotatable bonds is 3. The number of carbonyl (C=O) groups is 1. The molecule has 0 aliphatic carbocycles. The molecule has 0 spiro atoms. The molecule has 1 fully saturated rings. The fraction of sp³-hybridized carbons (Fsp3) is 0.562. The van der Waals surface area contributed by atoms with Crippen LogP contribution in [0.5, 0.6) is 0 Å². The van der Waals surface area contributed by atoms with E-state index in [0.29, 0.717) is 18.4 Å². The van der Waals surface area contributed by atoms with Crippen LogP contribution in [0.1, 0.15) is 23.8 Å². The van der Waals surface area contributed by atoms with Crippen molar-refractivity contribution >= 4 is 39.9 Å². The van der Waals surface area contributed by atoms with Crippen LogP contribution in [0.3, 0.4) is 0 Å². The van der Waals surface area contributed by atoms with Crippen LogP contribution in [0, 0.1) is 13.8 Å². The third-order valence-electron chi connectivity index (χ3n) is 4.54. The van der Waals surface area contributed by atoms with Crippen molar-refractivity contribution in [1.82, 2.24) is 19.8 Å². The number of aryl methyl sites for hydroxylation is 3. The maximum Gasteiger partial charge on any atom is 0.262 e. The quantitative estimate of drug-likeness (QED) is 0.893. The Balaban J connectivity index is 0.00000208. The van der Waals surface area contributed by atoms with Gasteiger partial charge in [0.1, 0.15) is 4.83 Å². The highest BCUT2D eigenvalue weighted by atomic mass is 35.5. The van der Waals surface area contributed by atoms with Gasteiger partial charge in [-0.05, 0) is 26.3 Å². The molecule has 1 N–H and O–H groups in total. The van der Waals surface area contributed by atoms with Crippen LogP contribution < -0.4 is 10.9 Å². The van der Waals surface area contributed by atoms with Crippen LogP contribution in [0.25, 0.3) is 10.2 Å². The number of nitrogens with one attached hydrogen (secondary N) is 1. The van der Waals surface area contributed by atoms with E-state index in [9.17, 15) is 9.59 Å². The monoisotopic (exact) mass is 370 g/mol. The molecule has 0 radical (unpaired) electrons. The zero-order chi connectivity index (χ0) is 16.6. The van der Waals surface area contributed by atoms with Gasteiger partial charge in [-0.1, -0.05) is 0 Å². The molecule has 0 unspecified atom stereocenters. The third-order valence-corrected chi connectivity index (χ3v) is 5.66. The lowest BCUT2D eigenvalue weighted by Crippen LogP contribution is -2.52. The summed E-state index contributed by atoms with van der Waals surface area (Å²) in [6.45, 7) is 8.77. The molecule has 0 bridgehead atoms. The Morgan fingerprint density at radius 3 is 2.92 bits per heavy atom. The van der Waals surface area contributed by atoms with E-state index < -0.39 is 0 Å². The molecule has 2 aromatic heterocycles. The fourth-order valence-corrected chi connectivity index (χ4v) is 3.99. The van der Waals surface area contributed by atoms with Gasteiger partial charge in [-0.15, -0.1) is 23.7 Å². The lowest BCUT2D eigenvalue weighted by molar-refractivity contribution is -0.134. The number of piperazine rings is 1. The Hall–Kier alpha value is -1.44. The molecular formula is C16H23ClN4O2S. The van der Waals surface area contributed by atoms with E-state index in [0.717, 1.165) is 34.9 Å². The van der Waals surface area contributed by atoms with Gasteiger partial charge in [-0.2, -0.15) is 0 Å². The summed E-state index contributed by atoms with van der Waals surface area (Å²) in [6, 6.07) is 0.204. The largest absolute Gasteiger partial charge is 0.337 e. The molecule has 1 saturated heterocycles. The predicted octanol–water partition coefficient (Wildman–Crippen LogP) is 1.71. The van der Waals surface area contributed by atoms with Crippen LogP contribution in [0.2, 0.25) is 0 Å². The lowest BCUT2D eigenvalue weighted by atomic mass is 10.2. The first kappa shape index (κ1) is 18.9. The molecule has 0 saturated carbocycles. The highest BCUT2D eigenvalue weighted by Crippen LogP contribution is 2.25. The van der Waals surface area contributed by atoms with Crippen LogP contribution >= 0.6 is 23.7 Å². The Bertz CT molecular complexity index is 801. The highest BCUT2D eigenvalue weighted by Gasteiger charge is 2.22. The van der Waals surface area contributed by atoms with E-state index >= 15 is 0 Å². The maximum absolute atomic E-state index is 12.6. The number of hydrogen-bond donors (Lipinski definition) is 1. The molecule has 1 aliphatic rings. The first-order valence-corrected chi connectivity index (χ1v) is 8.76. The molecule has 132 valence electrons. The van der Waals surface area contributed by atoms with Crippen LogP contribution in [0.15, 0.2) is 11.1 Å². The number of halogens is 1. The summed E-state index contributed by atoms with van der Waals surface area (Å²) in [5.41, 5.74) is 0.955. The number of amides is 1. The van der Waals surface area contributed by atoms with Crippen molar-refractivity contribution in [3.8, 4) is 0 Å². The molecule has 24 heavy (non-hydrogen) atoms. The molecule has 8 heteroatoms. The van der Waals surface area contributed by atoms with Gasteiger partial charge in [0.05, 0.1) is 11.7 Å². The smallest absolute Gasteiger partial charge is 0.262 e. The topological polar surface area (TPSA) is 67.2 Å². The van der Waals surface area contributed by atoms with E-state index in [4.69, 9.17) is 0 Å². The standard InChI is InChI=1S/C16H22N4O2S.ClH/c1-10-8-17-5-7-20(10)13(21)4-6-19-9-18-15-14(16(19)22)11(2)12(3)23-15;/h9-10,17H,4-8H2,1-3H3;1H/t10-;/m1./s1. The number of carbonyl (C=O) groups excluding carboxylic acids is 1. The Morgan fingerprint density at radius 1 is 1.46 bits per heavy atom. The van der Waals surface area contributed by atoms with Crippen molar-refractivity contribution in [3.05, 3.63) is 27.1 Å². The van der Waals surface area contributed by atoms with Gasteiger partial charge in [-0.3, -0.25) is 14.2 Å². The number of aromatic nitrogens is 2. The lowest BCUT2D eigenvalue weighted by Gasteiger charge is -2.34. The minimum absolute atomic E-state index is 0. The van der Waals surface area contributed by atoms with Crippen molar-refractivity contribution in [2.45, 2.75) is 39.8 Å². The first-order chi connectivity index (χ1) is 11.0. The second-order valence-corrected chi connectivity index (χ2v) is 7.30. The van der Waals surface area contributed by atoms with Gasteiger partial charge >= 0.3 is 0 Å². The summed E-state index contributed by atoms with van der Waals surface area (Å²) in [4.78, 5) is 33.2. The van der Waals surface area contributed by atoms with Crippen LogP contribution in [-0.4, -0.2) is 46.0 Å². The molecular weight excluding hydrogens is 348 g/mol. The Kier molecular flexibility index (Phi) is 6.01. The fourth-order valence-electron chi connectivity index (χ4n) is 3.00. The van der Waals surface area contributed by atoms with E-state index in [1.165, 1.54) is 0 Å². The second kappa shape index (κ2) is 7.63. The van der Waals surface area contributed by atoms with Gasteiger partial charge in [0.15, 0.2) is 0 Å². The zero-order valence-corrected chi connectivity index (χ0v) is 15.8. The van der Waals surface area contributed by atoms with Crippen molar-refractivity contribution in [3.63, 3.8) is 0 Å². The van der Waals surface area contributed by atoms with Crippen molar-refractivity contribution in [2.75, 3.05) is 19.6 Å². The van der Waals surface area contributed by atoms with Gasteiger partial charge in [0.25, 0.3) is 5.56 Å². The zero-order valence-electron chi connectivity index (χ0n) is 14.2. The molecule has 6 nitrogen and oxygen atoms in total. The predicted molar refractivity (Wildman–Crippen MR) is 99.3 cm³/mol. The first-order valence-electron chi connectivity index (χ1n) is 7.94. The van der Waals surface area contributed by atoms with Gasteiger partial charge in [-0.25, -0.2) is 4.98 Å². The minimum Gasteiger partial charge on any atom is -0.337 e. The van der Waals surface area contributed by atoms with Crippen molar-refractivity contribution < 1.29 is 4.79 Å². The minimum atomic E-state index is -0.0435. The van der Waals surface area contributed by atoms with E-state index in [1.54, 1.807) is 22.2 Å². The third kappa shape index (κ3) is 3.48. The SMILES string of the molecule is Cc1sc2ncn(CCC(=O)N3CCNC[C@H]3C)c(=O)c2c1C.Cl. The van der Waals surface area contributed by atoms with Crippen LogP contribution in [0.4, 0.5) is 0 Å². The summed E-state index contributed by atoms with van der Waals surface area (Å²) in [6.07, 6.45) is 1.90. The molecule has 3 heterocycles. The molecule has 0 aromatic carbocycles. The molecule has 3 rings (SSSR count). The van der Waals surface area contributed by atoms with Crippen molar-refractivity contribution in [2.24, 2.45) is 0 Å². The molecule has 1 aliphatic heterocycles. The van der Waals surface area contributed by atoms with Gasteiger partial charge in [0, 0.05) is 43.5 Å². The number of nitrogens with zero attached hydrogens (tertiary/aromatic N) is 3. The van der Waals surface area contributed by atoms with E-state index in [2.05, 4.69) is 10.3 Å². The number of thiophene rings is 1. The van der Waals surface area contributed by atoms with Gasteiger partial charge in [0.2, 0.25) is 5.91 Å². The summed E-state index contributed by atoms with van der Waals surface area (Å²) >= 11 is 1.54. The summed E-state index contributed by atoms with van der Waals surface area (Å²) in [5.74, 6) is 0.101. The summed E-state index contributed by atoms with van der Waals surface area (Å²) in [5, 5.41) is 3.97. The summed E-state index contributed by atoms with van der Waals surface area (Å²) < 4.78 is 1.56. The average molecular weight is 371 g/mol. The van der Waals surface area contributed by atoms with Crippen molar-refractivity contribution in [1.29, 1.82) is 0 Å². The number of fused-ring (bicyclic) bond motifs is 1. The second-order valence-electron chi connectivity index (χ2n) is 6.10. The Labute approximate surface area is 151 Å². The van der Waals surface area contributed by atoms with Gasteiger partial charge < -0.3 is 10.2 Å². The highest BCUT2D eigenvalue weighted by molar-refractivity contribution is 7.18. The normalized spacial score (nSPS) is 17.8. The summed E-state index contributed by atoms with van der Waals surface area (Å²) in [7, 11) is 0. The Morgan fingerprint density at radius 2 is 2.21 bits per heavy atom. The average Bonchev–Trinajstić information content (AvgIpc) is 2.82. The molecule has 1 atom stereocenters. The molecule has 2 aromatic rings. The van der Waals surface area contributed by atoms with E-state index in [-0.39, 0.29) is 29.9 Å². The number of hydrogen-bond acceptors (Lipinski definition) is 5. The maximum atomic E-state index is 12.6. The van der Waals surface area contributed by atoms with Crippen LogP contribution in [-0.2, 0) is 11.3 Å². The molecule has 1 amide bonds.